The van der Waals surface area contributed by atoms with Crippen LogP contribution in [0.5, 0.6) is 5.75 Å². The van der Waals surface area contributed by atoms with Crippen LogP contribution in [0.3, 0.4) is 0 Å². The van der Waals surface area contributed by atoms with Gasteiger partial charge in [0.05, 0.1) is 0 Å². The van der Waals surface area contributed by atoms with Gasteiger partial charge in [0.15, 0.2) is 0 Å². The molecule has 118 valence electrons. The number of alkyl halides is 3. The lowest BCUT2D eigenvalue weighted by molar-refractivity contribution is -0.274. The fourth-order valence-electron chi connectivity index (χ4n) is 1.55. The molecule has 1 aromatic rings. The Morgan fingerprint density at radius 3 is 2.10 bits per heavy atom. The molecule has 0 spiro atoms. The Labute approximate surface area is 121 Å². The van der Waals surface area contributed by atoms with Crippen molar-refractivity contribution in [3.05, 3.63) is 24.3 Å². The van der Waals surface area contributed by atoms with Crippen LogP contribution < -0.4 is 15.4 Å². The van der Waals surface area contributed by atoms with Crippen molar-refractivity contribution in [3.8, 4) is 5.75 Å². The largest absolute Gasteiger partial charge is 0.573 e. The van der Waals surface area contributed by atoms with E-state index in [1.807, 2.05) is 20.8 Å². The van der Waals surface area contributed by atoms with Crippen molar-refractivity contribution in [2.24, 2.45) is 0 Å². The van der Waals surface area contributed by atoms with Crippen molar-refractivity contribution in [1.29, 1.82) is 0 Å². The van der Waals surface area contributed by atoms with Crippen LogP contribution in [0.4, 0.5) is 18.9 Å². The molecule has 1 rings (SSSR count). The summed E-state index contributed by atoms with van der Waals surface area (Å²) in [5.41, 5.74) is 0.179. The second-order valence-corrected chi connectivity index (χ2v) is 5.68. The molecule has 0 aliphatic rings. The molecule has 21 heavy (non-hydrogen) atoms. The maximum atomic E-state index is 12.0. The Balaban J connectivity index is 2.61. The first-order valence-electron chi connectivity index (χ1n) is 6.41. The number of nitrogens with one attached hydrogen (secondary N) is 2. The highest BCUT2D eigenvalue weighted by atomic mass is 19.4. The van der Waals surface area contributed by atoms with Crippen molar-refractivity contribution >= 4 is 11.6 Å². The SMILES string of the molecule is CC(Nc1ccc(OC(F)(F)F)cc1)C(=O)NC(C)(C)C. The van der Waals surface area contributed by atoms with E-state index in [9.17, 15) is 18.0 Å². The summed E-state index contributed by atoms with van der Waals surface area (Å²) in [5.74, 6) is -0.502. The molecule has 0 bridgehead atoms. The van der Waals surface area contributed by atoms with E-state index in [2.05, 4.69) is 15.4 Å². The van der Waals surface area contributed by atoms with Gasteiger partial charge >= 0.3 is 6.36 Å². The number of carbonyl (C=O) groups excluding carboxylic acids is 1. The van der Waals surface area contributed by atoms with Gasteiger partial charge in [0.2, 0.25) is 5.91 Å². The number of halogens is 3. The van der Waals surface area contributed by atoms with E-state index in [4.69, 9.17) is 0 Å². The highest BCUT2D eigenvalue weighted by Crippen LogP contribution is 2.24. The molecule has 4 nitrogen and oxygen atoms in total. The van der Waals surface area contributed by atoms with E-state index in [0.717, 1.165) is 0 Å². The van der Waals surface area contributed by atoms with Gasteiger partial charge in [-0.2, -0.15) is 0 Å². The third-order valence-corrected chi connectivity index (χ3v) is 2.36. The lowest BCUT2D eigenvalue weighted by Gasteiger charge is -2.24. The van der Waals surface area contributed by atoms with Gasteiger partial charge in [-0.05, 0) is 52.0 Å². The van der Waals surface area contributed by atoms with Gasteiger partial charge in [0.25, 0.3) is 0 Å². The van der Waals surface area contributed by atoms with Crippen molar-refractivity contribution in [3.63, 3.8) is 0 Å². The van der Waals surface area contributed by atoms with Crippen molar-refractivity contribution in [2.45, 2.75) is 45.6 Å². The van der Waals surface area contributed by atoms with E-state index >= 15 is 0 Å². The Morgan fingerprint density at radius 2 is 1.67 bits per heavy atom. The zero-order chi connectivity index (χ0) is 16.3. The molecule has 1 unspecified atom stereocenters. The molecule has 0 saturated heterocycles. The molecule has 2 N–H and O–H groups in total. The van der Waals surface area contributed by atoms with E-state index in [1.54, 1.807) is 6.92 Å². The first-order valence-corrected chi connectivity index (χ1v) is 6.41. The van der Waals surface area contributed by atoms with E-state index in [0.29, 0.717) is 5.69 Å². The molecule has 0 saturated carbocycles. The van der Waals surface area contributed by atoms with Crippen molar-refractivity contribution in [1.82, 2.24) is 5.32 Å². The molecule has 0 aliphatic carbocycles. The van der Waals surface area contributed by atoms with Gasteiger partial charge in [-0.3, -0.25) is 4.79 Å². The highest BCUT2D eigenvalue weighted by Gasteiger charge is 2.31. The summed E-state index contributed by atoms with van der Waals surface area (Å²) in [6.07, 6.45) is -4.71. The maximum Gasteiger partial charge on any atom is 0.573 e. The van der Waals surface area contributed by atoms with E-state index < -0.39 is 12.4 Å². The number of benzene rings is 1. The molecule has 1 amide bonds. The van der Waals surface area contributed by atoms with E-state index in [-0.39, 0.29) is 17.2 Å². The lowest BCUT2D eigenvalue weighted by Crippen LogP contribution is -2.47. The summed E-state index contributed by atoms with van der Waals surface area (Å²) in [7, 11) is 0. The van der Waals surface area contributed by atoms with Gasteiger partial charge in [-0.1, -0.05) is 0 Å². The van der Waals surface area contributed by atoms with Crippen LogP contribution in [-0.4, -0.2) is 23.9 Å². The number of ether oxygens (including phenoxy) is 1. The summed E-state index contributed by atoms with van der Waals surface area (Å²) in [4.78, 5) is 11.9. The second kappa shape index (κ2) is 6.24. The van der Waals surface area contributed by atoms with Crippen LogP contribution in [0.2, 0.25) is 0 Å². The molecule has 1 aromatic carbocycles. The van der Waals surface area contributed by atoms with Crippen LogP contribution >= 0.6 is 0 Å². The molecule has 0 heterocycles. The first-order chi connectivity index (χ1) is 9.46. The normalized spacial score (nSPS) is 13.5. The van der Waals surface area contributed by atoms with Crippen molar-refractivity contribution < 1.29 is 22.7 Å². The number of carbonyl (C=O) groups is 1. The van der Waals surface area contributed by atoms with Gasteiger partial charge < -0.3 is 15.4 Å². The van der Waals surface area contributed by atoms with Gasteiger partial charge in [0.1, 0.15) is 11.8 Å². The Hall–Kier alpha value is -1.92. The zero-order valence-electron chi connectivity index (χ0n) is 12.3. The topological polar surface area (TPSA) is 50.4 Å². The van der Waals surface area contributed by atoms with Gasteiger partial charge in [-0.25, -0.2) is 0 Å². The van der Waals surface area contributed by atoms with Gasteiger partial charge in [-0.15, -0.1) is 13.2 Å². The monoisotopic (exact) mass is 304 g/mol. The predicted octanol–water partition coefficient (Wildman–Crippen LogP) is 3.30. The zero-order valence-corrected chi connectivity index (χ0v) is 12.3. The summed E-state index contributed by atoms with van der Waals surface area (Å²) >= 11 is 0. The third-order valence-electron chi connectivity index (χ3n) is 2.36. The maximum absolute atomic E-state index is 12.0. The third kappa shape index (κ3) is 6.87. The Bertz CT molecular complexity index is 478. The standard InChI is InChI=1S/C14H19F3N2O2/c1-9(12(20)19-13(2,3)4)18-10-5-7-11(8-6-10)21-14(15,16)17/h5-9,18H,1-4H3,(H,19,20). The average molecular weight is 304 g/mol. The molecule has 1 atom stereocenters. The number of amides is 1. The van der Waals surface area contributed by atoms with Crippen LogP contribution in [0.25, 0.3) is 0 Å². The average Bonchev–Trinajstić information content (AvgIpc) is 2.27. The van der Waals surface area contributed by atoms with Crippen LogP contribution in [0.15, 0.2) is 24.3 Å². The highest BCUT2D eigenvalue weighted by molar-refractivity contribution is 5.84. The second-order valence-electron chi connectivity index (χ2n) is 5.68. The molecular weight excluding hydrogens is 285 g/mol. The predicted molar refractivity (Wildman–Crippen MR) is 74.1 cm³/mol. The summed E-state index contributed by atoms with van der Waals surface area (Å²) in [6, 6.07) is 4.69. The summed E-state index contributed by atoms with van der Waals surface area (Å²) in [6.45, 7) is 7.25. The molecule has 0 fully saturated rings. The minimum Gasteiger partial charge on any atom is -0.406 e. The van der Waals surface area contributed by atoms with Crippen LogP contribution in [0, 0.1) is 0 Å². The first kappa shape index (κ1) is 17.1. The molecule has 0 aliphatic heterocycles. The lowest BCUT2D eigenvalue weighted by atomic mass is 10.1. The molecule has 0 aromatic heterocycles. The molecular formula is C14H19F3N2O2. The molecule has 7 heteroatoms. The summed E-state index contributed by atoms with van der Waals surface area (Å²) in [5, 5.41) is 5.71. The quantitative estimate of drug-likeness (QED) is 0.897. The van der Waals surface area contributed by atoms with Crippen LogP contribution in [0.1, 0.15) is 27.7 Å². The fourth-order valence-corrected chi connectivity index (χ4v) is 1.55. The smallest absolute Gasteiger partial charge is 0.406 e. The minimum absolute atomic E-state index is 0.196. The van der Waals surface area contributed by atoms with Crippen LogP contribution in [-0.2, 0) is 4.79 Å². The summed E-state index contributed by atoms with van der Waals surface area (Å²) < 4.78 is 39.8. The van der Waals surface area contributed by atoms with Crippen molar-refractivity contribution in [2.75, 3.05) is 5.32 Å². The number of anilines is 1. The Kier molecular flexibility index (Phi) is 5.09. The number of rotatable bonds is 4. The minimum atomic E-state index is -4.71. The number of hydrogen-bond donors (Lipinski definition) is 2. The van der Waals surface area contributed by atoms with Gasteiger partial charge in [0, 0.05) is 11.2 Å². The fraction of sp³-hybridized carbons (Fsp3) is 0.500. The van der Waals surface area contributed by atoms with E-state index in [1.165, 1.54) is 24.3 Å². The number of hydrogen-bond acceptors (Lipinski definition) is 3. The molecule has 0 radical (unpaired) electrons. The Morgan fingerprint density at radius 1 is 1.14 bits per heavy atom.